The molecule has 1 saturated heterocycles. The third-order valence-corrected chi connectivity index (χ3v) is 6.87. The molecule has 0 atom stereocenters. The van der Waals surface area contributed by atoms with E-state index in [1.807, 2.05) is 6.07 Å². The van der Waals surface area contributed by atoms with E-state index in [0.29, 0.717) is 16.9 Å². The first kappa shape index (κ1) is 20.3. The van der Waals surface area contributed by atoms with Crippen molar-refractivity contribution in [2.45, 2.75) is 25.4 Å². The highest BCUT2D eigenvalue weighted by molar-refractivity contribution is 7.15. The summed E-state index contributed by atoms with van der Waals surface area (Å²) in [4.78, 5) is 30.9. The monoisotopic (exact) mass is 465 g/mol. The standard InChI is InChI=1S/C22H23N7O3S/c30-21-17(26-22(31)27-21)9-13-11-23-29-19(24-14-1-2-14)10-16(25-20(13)29)18-4-3-15(33-18)12-28-5-7-32-8-6-28/h3-4,9-11,14,30H,1-2,5-8,12H2,(H2,26,27,31)/b13-9+,24-19?. The van der Waals surface area contributed by atoms with Crippen LogP contribution < -0.4 is 16.4 Å². The van der Waals surface area contributed by atoms with E-state index in [0.717, 1.165) is 61.7 Å². The van der Waals surface area contributed by atoms with Crippen molar-refractivity contribution in [3.8, 4) is 16.5 Å². The van der Waals surface area contributed by atoms with E-state index in [9.17, 15) is 9.90 Å². The number of hydrogen-bond acceptors (Lipinski definition) is 8. The van der Waals surface area contributed by atoms with Crippen LogP contribution >= 0.6 is 11.3 Å². The van der Waals surface area contributed by atoms with E-state index in [2.05, 4.69) is 32.1 Å². The zero-order chi connectivity index (χ0) is 22.4. The highest BCUT2D eigenvalue weighted by Crippen LogP contribution is 2.28. The molecule has 0 aromatic carbocycles. The van der Waals surface area contributed by atoms with Crippen LogP contribution in [0.5, 0.6) is 5.88 Å². The molecule has 1 saturated carbocycles. The number of aromatic nitrogens is 5. The van der Waals surface area contributed by atoms with Gasteiger partial charge in [-0.3, -0.25) is 14.9 Å². The summed E-state index contributed by atoms with van der Waals surface area (Å²) < 4.78 is 7.17. The largest absolute Gasteiger partial charge is 0.493 e. The lowest BCUT2D eigenvalue weighted by atomic mass is 10.3. The van der Waals surface area contributed by atoms with Crippen molar-refractivity contribution in [2.75, 3.05) is 26.3 Å². The third-order valence-electron chi connectivity index (χ3n) is 5.77. The Morgan fingerprint density at radius 3 is 2.88 bits per heavy atom. The van der Waals surface area contributed by atoms with Gasteiger partial charge in [0.2, 0.25) is 5.88 Å². The number of imidazole rings is 1. The molecule has 5 heterocycles. The minimum absolute atomic E-state index is 0.218. The minimum Gasteiger partial charge on any atom is -0.493 e. The number of ether oxygens (including phenoxy) is 1. The van der Waals surface area contributed by atoms with E-state index >= 15 is 0 Å². The quantitative estimate of drug-likeness (QED) is 0.397. The summed E-state index contributed by atoms with van der Waals surface area (Å²) in [5.41, 5.74) is 2.02. The topological polar surface area (TPSA) is 124 Å². The summed E-state index contributed by atoms with van der Waals surface area (Å²) in [5, 5.41) is 15.1. The van der Waals surface area contributed by atoms with Crippen molar-refractivity contribution in [1.82, 2.24) is 29.5 Å². The van der Waals surface area contributed by atoms with Crippen molar-refractivity contribution in [3.05, 3.63) is 56.2 Å². The number of aromatic amines is 2. The molecule has 3 N–H and O–H groups in total. The number of rotatable bonds is 5. The van der Waals surface area contributed by atoms with E-state index in [1.54, 1.807) is 28.1 Å². The van der Waals surface area contributed by atoms with Gasteiger partial charge in [-0.2, -0.15) is 9.61 Å². The predicted molar refractivity (Wildman–Crippen MR) is 123 cm³/mol. The molecule has 0 radical (unpaired) electrons. The smallest absolute Gasteiger partial charge is 0.326 e. The lowest BCUT2D eigenvalue weighted by Crippen LogP contribution is -2.35. The Labute approximate surface area is 191 Å². The van der Waals surface area contributed by atoms with Gasteiger partial charge in [0, 0.05) is 35.8 Å². The van der Waals surface area contributed by atoms with Crippen LogP contribution in [0.15, 0.2) is 34.2 Å². The molecule has 6 rings (SSSR count). The van der Waals surface area contributed by atoms with E-state index in [-0.39, 0.29) is 11.6 Å². The second-order valence-corrected chi connectivity index (χ2v) is 9.50. The number of nitrogens with zero attached hydrogens (tertiary/aromatic N) is 5. The number of nitrogens with one attached hydrogen (secondary N) is 2. The molecule has 2 fully saturated rings. The molecule has 11 heteroatoms. The van der Waals surface area contributed by atoms with Crippen LogP contribution in [0.3, 0.4) is 0 Å². The van der Waals surface area contributed by atoms with Crippen LogP contribution in [0.1, 0.15) is 23.4 Å². The minimum atomic E-state index is -0.473. The zero-order valence-corrected chi connectivity index (χ0v) is 18.6. The van der Waals surface area contributed by atoms with E-state index < -0.39 is 5.69 Å². The van der Waals surface area contributed by atoms with Gasteiger partial charge in [-0.25, -0.2) is 9.78 Å². The molecular weight excluding hydrogens is 442 g/mol. The Morgan fingerprint density at radius 2 is 2.12 bits per heavy atom. The highest BCUT2D eigenvalue weighted by atomic mass is 32.1. The Hall–Kier alpha value is -3.28. The molecule has 0 bridgehead atoms. The first-order valence-corrected chi connectivity index (χ1v) is 11.8. The molecule has 33 heavy (non-hydrogen) atoms. The number of morpholine rings is 1. The maximum atomic E-state index is 11.5. The molecule has 0 amide bonds. The first-order chi connectivity index (χ1) is 16.1. The Kier molecular flexibility index (Phi) is 5.08. The Balaban J connectivity index is 1.43. The average molecular weight is 466 g/mol. The van der Waals surface area contributed by atoms with Gasteiger partial charge < -0.3 is 14.8 Å². The summed E-state index contributed by atoms with van der Waals surface area (Å²) in [5.74, 6) is -0.218. The second-order valence-electron chi connectivity index (χ2n) is 8.34. The Morgan fingerprint density at radius 1 is 1.27 bits per heavy atom. The lowest BCUT2D eigenvalue weighted by Gasteiger charge is -2.25. The fourth-order valence-electron chi connectivity index (χ4n) is 3.90. The summed E-state index contributed by atoms with van der Waals surface area (Å²) in [6.07, 6.45) is 5.49. The van der Waals surface area contributed by atoms with Gasteiger partial charge in [-0.05, 0) is 31.1 Å². The number of fused-ring (bicyclic) bond motifs is 1. The second kappa shape index (κ2) is 8.25. The highest BCUT2D eigenvalue weighted by Gasteiger charge is 2.21. The average Bonchev–Trinajstić information content (AvgIpc) is 3.19. The number of H-pyrrole nitrogens is 2. The van der Waals surface area contributed by atoms with Crippen molar-refractivity contribution < 1.29 is 9.84 Å². The number of hydrogen-bond donors (Lipinski definition) is 3. The number of aromatic hydroxyl groups is 1. The maximum Gasteiger partial charge on any atom is 0.326 e. The van der Waals surface area contributed by atoms with Crippen LogP contribution in [0.25, 0.3) is 22.3 Å². The van der Waals surface area contributed by atoms with E-state index in [4.69, 9.17) is 14.7 Å². The fourth-order valence-corrected chi connectivity index (χ4v) is 4.91. The van der Waals surface area contributed by atoms with Crippen molar-refractivity contribution >= 4 is 23.1 Å². The van der Waals surface area contributed by atoms with Gasteiger partial charge >= 0.3 is 5.69 Å². The maximum absolute atomic E-state index is 11.5. The molecule has 170 valence electrons. The van der Waals surface area contributed by atoms with Crippen LogP contribution in [-0.4, -0.2) is 66.9 Å². The van der Waals surface area contributed by atoms with Crippen molar-refractivity contribution in [2.24, 2.45) is 4.99 Å². The van der Waals surface area contributed by atoms with Gasteiger partial charge in [0.25, 0.3) is 0 Å². The molecule has 10 nitrogen and oxygen atoms in total. The molecule has 0 spiro atoms. The predicted octanol–water partition coefficient (Wildman–Crippen LogP) is 0.623. The van der Waals surface area contributed by atoms with Gasteiger partial charge in [0.1, 0.15) is 5.69 Å². The molecular formula is C22H23N7O3S. The van der Waals surface area contributed by atoms with E-state index in [1.165, 1.54) is 4.88 Å². The normalized spacial score (nSPS) is 18.5. The number of thiophene rings is 1. The van der Waals surface area contributed by atoms with Crippen molar-refractivity contribution in [1.29, 1.82) is 0 Å². The zero-order valence-electron chi connectivity index (χ0n) is 17.8. The van der Waals surface area contributed by atoms with Crippen molar-refractivity contribution in [3.63, 3.8) is 0 Å². The summed E-state index contributed by atoms with van der Waals surface area (Å²) in [7, 11) is 0. The molecule has 1 aliphatic carbocycles. The first-order valence-electron chi connectivity index (χ1n) is 11.0. The van der Waals surface area contributed by atoms with Crippen LogP contribution in [0, 0.1) is 0 Å². The molecule has 4 aromatic heterocycles. The third kappa shape index (κ3) is 4.22. The lowest BCUT2D eigenvalue weighted by molar-refractivity contribution is 0.0346. The fraction of sp³-hybridized carbons (Fsp3) is 0.364. The molecule has 2 aliphatic rings. The van der Waals surface area contributed by atoms with Crippen LogP contribution in [-0.2, 0) is 11.3 Å². The Bertz CT molecular complexity index is 1490. The molecule has 1 aliphatic heterocycles. The SMILES string of the molecule is O=c1[nH]c(O)c(/C=c2\cnn3c(=NC4CC4)cc(-c4ccc(CN5CCOCC5)s4)nc23)[nH]1. The molecule has 4 aromatic rings. The summed E-state index contributed by atoms with van der Waals surface area (Å²) in [6.45, 7) is 4.37. The van der Waals surface area contributed by atoms with Gasteiger partial charge in [-0.1, -0.05) is 0 Å². The van der Waals surface area contributed by atoms with Gasteiger partial charge in [0.15, 0.2) is 11.1 Å². The summed E-state index contributed by atoms with van der Waals surface area (Å²) >= 11 is 1.73. The van der Waals surface area contributed by atoms with Crippen LogP contribution in [0.4, 0.5) is 0 Å². The summed E-state index contributed by atoms with van der Waals surface area (Å²) in [6, 6.07) is 6.58. The van der Waals surface area contributed by atoms with Gasteiger partial charge in [-0.15, -0.1) is 11.3 Å². The molecule has 0 unspecified atom stereocenters. The van der Waals surface area contributed by atoms with Gasteiger partial charge in [0.05, 0.1) is 36.0 Å². The van der Waals surface area contributed by atoms with Crippen LogP contribution in [0.2, 0.25) is 0 Å².